The van der Waals surface area contributed by atoms with Crippen molar-refractivity contribution < 1.29 is 0 Å². The smallest absolute Gasteiger partial charge is 0.138 e. The van der Waals surface area contributed by atoms with Gasteiger partial charge >= 0.3 is 0 Å². The van der Waals surface area contributed by atoms with Crippen LogP contribution in [0.15, 0.2) is 18.5 Å². The predicted octanol–water partition coefficient (Wildman–Crippen LogP) is 1.50. The molecule has 3 rings (SSSR count). The number of H-pyrrole nitrogens is 1. The number of nitrogens with one attached hydrogen (secondary N) is 3. The molecule has 1 aliphatic heterocycles. The van der Waals surface area contributed by atoms with Crippen LogP contribution in [0.2, 0.25) is 0 Å². The van der Waals surface area contributed by atoms with Crippen molar-refractivity contribution >= 4 is 11.5 Å². The van der Waals surface area contributed by atoms with Gasteiger partial charge in [0.25, 0.3) is 0 Å². The molecule has 1 aliphatic rings. The Morgan fingerprint density at radius 2 is 2.29 bits per heavy atom. The van der Waals surface area contributed by atoms with E-state index < -0.39 is 0 Å². The highest BCUT2D eigenvalue weighted by molar-refractivity contribution is 5.59. The van der Waals surface area contributed by atoms with E-state index in [1.54, 1.807) is 0 Å². The topological polar surface area (TPSA) is 65.6 Å². The number of hydrogen-bond donors (Lipinski definition) is 3. The molecule has 0 aliphatic carbocycles. The Labute approximate surface area is 99.7 Å². The summed E-state index contributed by atoms with van der Waals surface area (Å²) >= 11 is 0. The zero-order valence-corrected chi connectivity index (χ0v) is 9.75. The molecular weight excluding hydrogens is 214 g/mol. The molecule has 0 aromatic carbocycles. The van der Waals surface area contributed by atoms with Crippen LogP contribution < -0.4 is 10.6 Å². The van der Waals surface area contributed by atoms with Crippen LogP contribution in [0.1, 0.15) is 17.1 Å². The van der Waals surface area contributed by atoms with E-state index in [0.717, 1.165) is 42.5 Å². The quantitative estimate of drug-likeness (QED) is 0.730. The second-order valence-electron chi connectivity index (χ2n) is 4.20. The number of rotatable bonds is 2. The first-order valence-electron chi connectivity index (χ1n) is 5.80. The van der Waals surface area contributed by atoms with Gasteiger partial charge < -0.3 is 15.6 Å². The van der Waals surface area contributed by atoms with Crippen molar-refractivity contribution in [1.82, 2.24) is 20.3 Å². The average Bonchev–Trinajstić information content (AvgIpc) is 2.81. The highest BCUT2D eigenvalue weighted by Gasteiger charge is 2.16. The number of anilines is 2. The number of aromatic nitrogens is 3. The molecule has 0 spiro atoms. The SMILES string of the molecule is Cc1nc2c(c(Nc3cc[nH]c3)n1)CNCC2. The number of aromatic amines is 1. The molecule has 0 saturated carbocycles. The van der Waals surface area contributed by atoms with Crippen LogP contribution in [0.5, 0.6) is 0 Å². The van der Waals surface area contributed by atoms with Gasteiger partial charge in [0.05, 0.1) is 11.4 Å². The van der Waals surface area contributed by atoms with Gasteiger partial charge in [0.2, 0.25) is 0 Å². The Morgan fingerprint density at radius 3 is 3.12 bits per heavy atom. The third-order valence-electron chi connectivity index (χ3n) is 2.91. The van der Waals surface area contributed by atoms with Crippen molar-refractivity contribution in [3.63, 3.8) is 0 Å². The third kappa shape index (κ3) is 2.01. The molecule has 88 valence electrons. The van der Waals surface area contributed by atoms with Crippen LogP contribution in [0.25, 0.3) is 0 Å². The minimum Gasteiger partial charge on any atom is -0.366 e. The fourth-order valence-corrected chi connectivity index (χ4v) is 2.11. The lowest BCUT2D eigenvalue weighted by Gasteiger charge is -2.19. The van der Waals surface area contributed by atoms with Crippen molar-refractivity contribution in [2.75, 3.05) is 11.9 Å². The lowest BCUT2D eigenvalue weighted by Crippen LogP contribution is -2.26. The first-order chi connectivity index (χ1) is 8.33. The standard InChI is InChI=1S/C12H15N5/c1-8-15-11-3-5-14-7-10(11)12(16-8)17-9-2-4-13-6-9/h2,4,6,13-14H,3,5,7H2,1H3,(H,15,16,17). The molecule has 0 radical (unpaired) electrons. The highest BCUT2D eigenvalue weighted by atomic mass is 15.1. The fraction of sp³-hybridized carbons (Fsp3) is 0.333. The minimum absolute atomic E-state index is 0.823. The van der Waals surface area contributed by atoms with Crippen LogP contribution in [-0.2, 0) is 13.0 Å². The molecule has 0 atom stereocenters. The van der Waals surface area contributed by atoms with Crippen LogP contribution in [0, 0.1) is 6.92 Å². The number of nitrogens with zero attached hydrogens (tertiary/aromatic N) is 2. The second kappa shape index (κ2) is 4.18. The maximum atomic E-state index is 4.50. The molecule has 17 heavy (non-hydrogen) atoms. The van der Waals surface area contributed by atoms with Crippen molar-refractivity contribution in [2.45, 2.75) is 19.9 Å². The van der Waals surface area contributed by atoms with Crippen molar-refractivity contribution in [2.24, 2.45) is 0 Å². The summed E-state index contributed by atoms with van der Waals surface area (Å²) < 4.78 is 0. The van der Waals surface area contributed by atoms with Gasteiger partial charge in [-0.15, -0.1) is 0 Å². The normalized spacial score (nSPS) is 14.4. The Morgan fingerprint density at radius 1 is 1.35 bits per heavy atom. The molecule has 0 bridgehead atoms. The molecular formula is C12H15N5. The van der Waals surface area contributed by atoms with E-state index in [0.29, 0.717) is 0 Å². The summed E-state index contributed by atoms with van der Waals surface area (Å²) in [5.74, 6) is 1.74. The lowest BCUT2D eigenvalue weighted by molar-refractivity contribution is 0.625. The number of hydrogen-bond acceptors (Lipinski definition) is 4. The van der Waals surface area contributed by atoms with E-state index in [1.165, 1.54) is 5.56 Å². The van der Waals surface area contributed by atoms with Crippen LogP contribution in [-0.4, -0.2) is 21.5 Å². The highest BCUT2D eigenvalue weighted by Crippen LogP contribution is 2.23. The molecule has 3 heterocycles. The number of fused-ring (bicyclic) bond motifs is 1. The summed E-state index contributed by atoms with van der Waals surface area (Å²) in [5.41, 5.74) is 3.37. The zero-order valence-electron chi connectivity index (χ0n) is 9.75. The van der Waals surface area contributed by atoms with E-state index in [9.17, 15) is 0 Å². The van der Waals surface area contributed by atoms with Crippen LogP contribution >= 0.6 is 0 Å². The van der Waals surface area contributed by atoms with Gasteiger partial charge in [-0.3, -0.25) is 0 Å². The van der Waals surface area contributed by atoms with E-state index in [4.69, 9.17) is 0 Å². The van der Waals surface area contributed by atoms with Gasteiger partial charge in [-0.1, -0.05) is 0 Å². The van der Waals surface area contributed by atoms with Gasteiger partial charge in [0.1, 0.15) is 11.6 Å². The lowest BCUT2D eigenvalue weighted by atomic mass is 10.1. The Balaban J connectivity index is 2.00. The third-order valence-corrected chi connectivity index (χ3v) is 2.91. The maximum Gasteiger partial charge on any atom is 0.138 e. The monoisotopic (exact) mass is 229 g/mol. The average molecular weight is 229 g/mol. The fourth-order valence-electron chi connectivity index (χ4n) is 2.11. The Bertz CT molecular complexity index is 518. The molecule has 0 amide bonds. The first-order valence-corrected chi connectivity index (χ1v) is 5.80. The van der Waals surface area contributed by atoms with E-state index in [-0.39, 0.29) is 0 Å². The van der Waals surface area contributed by atoms with Gasteiger partial charge in [-0.05, 0) is 13.0 Å². The second-order valence-corrected chi connectivity index (χ2v) is 4.20. The minimum atomic E-state index is 0.823. The van der Waals surface area contributed by atoms with Crippen molar-refractivity contribution in [3.05, 3.63) is 35.5 Å². The zero-order chi connectivity index (χ0) is 11.7. The summed E-state index contributed by atoms with van der Waals surface area (Å²) in [6.45, 7) is 3.76. The van der Waals surface area contributed by atoms with Crippen molar-refractivity contribution in [1.29, 1.82) is 0 Å². The van der Waals surface area contributed by atoms with E-state index in [2.05, 4.69) is 25.6 Å². The van der Waals surface area contributed by atoms with Crippen molar-refractivity contribution in [3.8, 4) is 0 Å². The number of aryl methyl sites for hydroxylation is 1. The summed E-state index contributed by atoms with van der Waals surface area (Å²) in [6, 6.07) is 1.99. The first kappa shape index (κ1) is 10.3. The molecule has 0 fully saturated rings. The maximum absolute atomic E-state index is 4.50. The largest absolute Gasteiger partial charge is 0.366 e. The van der Waals surface area contributed by atoms with Crippen LogP contribution in [0.3, 0.4) is 0 Å². The molecule has 3 N–H and O–H groups in total. The Kier molecular flexibility index (Phi) is 2.53. The molecule has 0 unspecified atom stereocenters. The molecule has 2 aromatic heterocycles. The van der Waals surface area contributed by atoms with Gasteiger partial charge in [-0.25, -0.2) is 9.97 Å². The molecule has 2 aromatic rings. The van der Waals surface area contributed by atoms with Gasteiger partial charge in [0.15, 0.2) is 0 Å². The summed E-state index contributed by atoms with van der Waals surface area (Å²) in [4.78, 5) is 12.0. The van der Waals surface area contributed by atoms with Gasteiger partial charge in [-0.2, -0.15) is 0 Å². The molecule has 0 saturated heterocycles. The predicted molar refractivity (Wildman–Crippen MR) is 66.3 cm³/mol. The van der Waals surface area contributed by atoms with E-state index in [1.807, 2.05) is 25.4 Å². The summed E-state index contributed by atoms with van der Waals surface area (Å²) in [7, 11) is 0. The molecule has 5 nitrogen and oxygen atoms in total. The van der Waals surface area contributed by atoms with Crippen LogP contribution in [0.4, 0.5) is 11.5 Å². The Hall–Kier alpha value is -1.88. The summed E-state index contributed by atoms with van der Waals surface area (Å²) in [6.07, 6.45) is 4.78. The summed E-state index contributed by atoms with van der Waals surface area (Å²) in [5, 5.41) is 6.68. The molecule has 5 heteroatoms. The van der Waals surface area contributed by atoms with Gasteiger partial charge in [0, 0.05) is 37.5 Å². The van der Waals surface area contributed by atoms with E-state index >= 15 is 0 Å².